The van der Waals surface area contributed by atoms with Crippen LogP contribution in [0.4, 0.5) is 0 Å². The van der Waals surface area contributed by atoms with Gasteiger partial charge in [0, 0.05) is 34.0 Å². The number of amides is 2. The third-order valence-corrected chi connectivity index (χ3v) is 6.93. The number of hydrogen-bond acceptors (Lipinski definition) is 2. The molecule has 4 nitrogen and oxygen atoms in total. The molecule has 0 unspecified atom stereocenters. The van der Waals surface area contributed by atoms with Crippen LogP contribution in [0.5, 0.6) is 0 Å². The van der Waals surface area contributed by atoms with Gasteiger partial charge >= 0.3 is 0 Å². The van der Waals surface area contributed by atoms with E-state index in [0.717, 1.165) is 28.4 Å². The van der Waals surface area contributed by atoms with E-state index in [-0.39, 0.29) is 24.8 Å². The molecule has 3 rings (SSSR count). The van der Waals surface area contributed by atoms with Gasteiger partial charge in [-0.2, -0.15) is 0 Å². The molecule has 0 heterocycles. The van der Waals surface area contributed by atoms with Crippen molar-refractivity contribution >= 4 is 50.9 Å². The molecule has 1 atom stereocenters. The molecule has 3 aromatic rings. The van der Waals surface area contributed by atoms with Crippen LogP contribution in [-0.2, 0) is 29.0 Å². The molecule has 184 valence electrons. The smallest absolute Gasteiger partial charge is 0.243 e. The van der Waals surface area contributed by atoms with Crippen LogP contribution >= 0.6 is 39.1 Å². The van der Waals surface area contributed by atoms with Gasteiger partial charge in [0.25, 0.3) is 0 Å². The van der Waals surface area contributed by atoms with Gasteiger partial charge in [-0.15, -0.1) is 0 Å². The number of rotatable bonds is 11. The fourth-order valence-electron chi connectivity index (χ4n) is 3.85. The number of carbonyl (C=O) groups excluding carboxylic acids is 2. The van der Waals surface area contributed by atoms with Crippen molar-refractivity contribution in [2.24, 2.45) is 0 Å². The lowest BCUT2D eigenvalue weighted by Gasteiger charge is -2.32. The minimum absolute atomic E-state index is 0.0000392. The standard InChI is InChI=1S/C28H29BrCl2N2O2/c1-2-3-15-32-28(35)26(17-20-9-5-4-6-10-20)33(19-21-11-7-12-22(29)16-21)27(34)18-23-24(30)13-8-14-25(23)31/h4-14,16,26H,2-3,15,17-19H2,1H3,(H,32,35)/t26-/m0/s1. The Morgan fingerprint density at radius 2 is 1.60 bits per heavy atom. The number of halogens is 3. The SMILES string of the molecule is CCCCNC(=O)[C@H](Cc1ccccc1)N(Cc1cccc(Br)c1)C(=O)Cc1c(Cl)cccc1Cl. The van der Waals surface area contributed by atoms with E-state index in [1.54, 1.807) is 23.1 Å². The number of benzene rings is 3. The van der Waals surface area contributed by atoms with E-state index >= 15 is 0 Å². The average molecular weight is 576 g/mol. The van der Waals surface area contributed by atoms with Gasteiger partial charge in [-0.1, -0.05) is 101 Å². The minimum atomic E-state index is -0.693. The highest BCUT2D eigenvalue weighted by Crippen LogP contribution is 2.26. The predicted molar refractivity (Wildman–Crippen MR) is 147 cm³/mol. The Hall–Kier alpha value is -2.34. The van der Waals surface area contributed by atoms with Gasteiger partial charge in [0.2, 0.25) is 11.8 Å². The van der Waals surface area contributed by atoms with Crippen molar-refractivity contribution < 1.29 is 9.59 Å². The summed E-state index contributed by atoms with van der Waals surface area (Å²) in [7, 11) is 0. The summed E-state index contributed by atoms with van der Waals surface area (Å²) in [5.74, 6) is -0.387. The molecule has 2 amide bonds. The maximum absolute atomic E-state index is 13.8. The summed E-state index contributed by atoms with van der Waals surface area (Å²) < 4.78 is 0.906. The van der Waals surface area contributed by atoms with Crippen LogP contribution in [0.25, 0.3) is 0 Å². The summed E-state index contributed by atoms with van der Waals surface area (Å²) in [6.07, 6.45) is 2.24. The second kappa shape index (κ2) is 13.7. The molecule has 0 aliphatic rings. The van der Waals surface area contributed by atoms with Gasteiger partial charge < -0.3 is 10.2 Å². The summed E-state index contributed by atoms with van der Waals surface area (Å²) in [4.78, 5) is 28.9. The van der Waals surface area contributed by atoms with Gasteiger partial charge in [0.1, 0.15) is 6.04 Å². The minimum Gasteiger partial charge on any atom is -0.354 e. The quantitative estimate of drug-likeness (QED) is 0.254. The van der Waals surface area contributed by atoms with Crippen molar-refractivity contribution in [3.05, 3.63) is 104 Å². The Balaban J connectivity index is 1.98. The summed E-state index contributed by atoms with van der Waals surface area (Å²) in [5.41, 5.74) is 2.45. The molecule has 0 aromatic heterocycles. The molecule has 0 aliphatic carbocycles. The summed E-state index contributed by atoms with van der Waals surface area (Å²) >= 11 is 16.3. The molecule has 0 fully saturated rings. The van der Waals surface area contributed by atoms with E-state index < -0.39 is 6.04 Å². The molecule has 35 heavy (non-hydrogen) atoms. The summed E-state index contributed by atoms with van der Waals surface area (Å²) in [6, 6.07) is 22.0. The fourth-order valence-corrected chi connectivity index (χ4v) is 4.82. The van der Waals surface area contributed by atoms with Gasteiger partial charge in [0.05, 0.1) is 6.42 Å². The van der Waals surface area contributed by atoms with Crippen LogP contribution in [0.2, 0.25) is 10.0 Å². The molecule has 0 spiro atoms. The molecule has 0 aliphatic heterocycles. The number of nitrogens with zero attached hydrogens (tertiary/aromatic N) is 1. The number of hydrogen-bond donors (Lipinski definition) is 1. The number of nitrogens with one attached hydrogen (secondary N) is 1. The Morgan fingerprint density at radius 3 is 2.26 bits per heavy atom. The highest BCUT2D eigenvalue weighted by molar-refractivity contribution is 9.10. The van der Waals surface area contributed by atoms with Crippen molar-refractivity contribution in [2.75, 3.05) is 6.54 Å². The molecule has 1 N–H and O–H groups in total. The monoisotopic (exact) mass is 574 g/mol. The van der Waals surface area contributed by atoms with Crippen LogP contribution < -0.4 is 5.32 Å². The fraction of sp³-hybridized carbons (Fsp3) is 0.286. The molecule has 0 saturated carbocycles. The molecule has 0 bridgehead atoms. The second-order valence-corrected chi connectivity index (χ2v) is 10.1. The van der Waals surface area contributed by atoms with Gasteiger partial charge in [0.15, 0.2) is 0 Å². The van der Waals surface area contributed by atoms with Crippen LogP contribution in [0.1, 0.15) is 36.5 Å². The van der Waals surface area contributed by atoms with Crippen LogP contribution in [-0.4, -0.2) is 29.3 Å². The van der Waals surface area contributed by atoms with Crippen molar-refractivity contribution in [3.63, 3.8) is 0 Å². The lowest BCUT2D eigenvalue weighted by molar-refractivity contribution is -0.140. The lowest BCUT2D eigenvalue weighted by atomic mass is 10.0. The van der Waals surface area contributed by atoms with E-state index in [9.17, 15) is 9.59 Å². The van der Waals surface area contributed by atoms with Crippen LogP contribution in [0, 0.1) is 0 Å². The zero-order chi connectivity index (χ0) is 25.2. The summed E-state index contributed by atoms with van der Waals surface area (Å²) in [6.45, 7) is 2.92. The van der Waals surface area contributed by atoms with E-state index in [1.165, 1.54) is 0 Å². The molecule has 0 saturated heterocycles. The van der Waals surface area contributed by atoms with E-state index in [4.69, 9.17) is 23.2 Å². The van der Waals surface area contributed by atoms with Crippen LogP contribution in [0.3, 0.4) is 0 Å². The first-order valence-corrected chi connectivity index (χ1v) is 13.2. The Bertz CT molecular complexity index is 1120. The number of unbranched alkanes of at least 4 members (excludes halogenated alkanes) is 1. The highest BCUT2D eigenvalue weighted by atomic mass is 79.9. The van der Waals surface area contributed by atoms with Crippen molar-refractivity contribution in [2.45, 2.75) is 45.2 Å². The van der Waals surface area contributed by atoms with E-state index in [2.05, 4.69) is 28.2 Å². The molecular formula is C28H29BrCl2N2O2. The molecule has 0 radical (unpaired) electrons. The largest absolute Gasteiger partial charge is 0.354 e. The predicted octanol–water partition coefficient (Wildman–Crippen LogP) is 6.85. The van der Waals surface area contributed by atoms with Crippen molar-refractivity contribution in [1.29, 1.82) is 0 Å². The third kappa shape index (κ3) is 8.09. The average Bonchev–Trinajstić information content (AvgIpc) is 2.84. The first-order valence-electron chi connectivity index (χ1n) is 11.7. The zero-order valence-corrected chi connectivity index (χ0v) is 22.7. The van der Waals surface area contributed by atoms with E-state index in [1.807, 2.05) is 54.6 Å². The third-order valence-electron chi connectivity index (χ3n) is 5.73. The van der Waals surface area contributed by atoms with Crippen LogP contribution in [0.15, 0.2) is 77.3 Å². The topological polar surface area (TPSA) is 49.4 Å². The molecular weight excluding hydrogens is 547 g/mol. The zero-order valence-electron chi connectivity index (χ0n) is 19.6. The second-order valence-electron chi connectivity index (χ2n) is 8.38. The molecule has 7 heteroatoms. The number of carbonyl (C=O) groups is 2. The highest BCUT2D eigenvalue weighted by Gasteiger charge is 2.31. The normalized spacial score (nSPS) is 11.7. The van der Waals surface area contributed by atoms with Gasteiger partial charge in [-0.3, -0.25) is 9.59 Å². The van der Waals surface area contributed by atoms with Gasteiger partial charge in [-0.05, 0) is 47.4 Å². The maximum Gasteiger partial charge on any atom is 0.243 e. The maximum atomic E-state index is 13.8. The first kappa shape index (κ1) is 27.3. The Morgan fingerprint density at radius 1 is 0.943 bits per heavy atom. The Kier molecular flexibility index (Phi) is 10.6. The van der Waals surface area contributed by atoms with Crippen molar-refractivity contribution in [3.8, 4) is 0 Å². The van der Waals surface area contributed by atoms with E-state index in [0.29, 0.717) is 28.6 Å². The Labute approximate surface area is 225 Å². The van der Waals surface area contributed by atoms with Crippen molar-refractivity contribution in [1.82, 2.24) is 10.2 Å². The first-order chi connectivity index (χ1) is 16.9. The lowest BCUT2D eigenvalue weighted by Crippen LogP contribution is -2.51. The van der Waals surface area contributed by atoms with Gasteiger partial charge in [-0.25, -0.2) is 0 Å². The summed E-state index contributed by atoms with van der Waals surface area (Å²) in [5, 5.41) is 3.89. The molecule has 3 aromatic carbocycles.